The van der Waals surface area contributed by atoms with Crippen molar-refractivity contribution in [2.45, 2.75) is 13.8 Å². The van der Waals surface area contributed by atoms with Gasteiger partial charge in [0, 0.05) is 17.6 Å². The summed E-state index contributed by atoms with van der Waals surface area (Å²) in [7, 11) is 0. The van der Waals surface area contributed by atoms with Gasteiger partial charge in [0.25, 0.3) is 5.91 Å². The average Bonchev–Trinajstić information content (AvgIpc) is 2.66. The monoisotopic (exact) mass is 347 g/mol. The predicted molar refractivity (Wildman–Crippen MR) is 104 cm³/mol. The van der Waals surface area contributed by atoms with Crippen molar-refractivity contribution in [1.82, 2.24) is 4.98 Å². The van der Waals surface area contributed by atoms with Crippen molar-refractivity contribution in [2.75, 3.05) is 17.2 Å². The van der Waals surface area contributed by atoms with E-state index in [0.29, 0.717) is 12.2 Å². The van der Waals surface area contributed by atoms with E-state index in [9.17, 15) is 4.79 Å². The highest BCUT2D eigenvalue weighted by Gasteiger charge is 2.09. The van der Waals surface area contributed by atoms with Crippen LogP contribution < -0.4 is 15.4 Å². The minimum atomic E-state index is -0.192. The molecular formula is C21H21N3O2. The second kappa shape index (κ2) is 8.16. The van der Waals surface area contributed by atoms with Gasteiger partial charge in [-0.05, 0) is 55.8 Å². The van der Waals surface area contributed by atoms with Crippen LogP contribution in [0.1, 0.15) is 22.8 Å². The zero-order chi connectivity index (χ0) is 18.4. The Labute approximate surface area is 153 Å². The van der Waals surface area contributed by atoms with Crippen molar-refractivity contribution in [3.8, 4) is 5.75 Å². The molecule has 0 saturated heterocycles. The topological polar surface area (TPSA) is 63.2 Å². The normalized spacial score (nSPS) is 10.2. The van der Waals surface area contributed by atoms with Gasteiger partial charge in [0.1, 0.15) is 5.75 Å². The largest absolute Gasteiger partial charge is 0.494 e. The number of amides is 1. The third-order valence-electron chi connectivity index (χ3n) is 3.85. The second-order valence-corrected chi connectivity index (χ2v) is 5.81. The maximum atomic E-state index is 12.5. The number of nitrogens with one attached hydrogen (secondary N) is 2. The quantitative estimate of drug-likeness (QED) is 0.673. The molecule has 0 aliphatic rings. The molecule has 3 aromatic rings. The number of anilines is 3. The first-order valence-corrected chi connectivity index (χ1v) is 8.47. The Hall–Kier alpha value is -3.34. The Morgan fingerprint density at radius 3 is 2.54 bits per heavy atom. The van der Waals surface area contributed by atoms with E-state index in [1.54, 1.807) is 18.5 Å². The van der Waals surface area contributed by atoms with Gasteiger partial charge in [-0.15, -0.1) is 0 Å². The number of pyridine rings is 1. The molecule has 0 spiro atoms. The Morgan fingerprint density at radius 1 is 1.04 bits per heavy atom. The number of carbonyl (C=O) groups excluding carboxylic acids is 1. The lowest BCUT2D eigenvalue weighted by atomic mass is 10.2. The van der Waals surface area contributed by atoms with E-state index in [0.717, 1.165) is 28.4 Å². The second-order valence-electron chi connectivity index (χ2n) is 5.81. The standard InChI is InChI=1S/C21H21N3O2/c1-3-26-19-10-8-17(9-11-19)23-18-12-16(13-22-14-18)21(25)24-20-7-5-4-6-15(20)2/h4-14,23H,3H2,1-2H3,(H,24,25). The van der Waals surface area contributed by atoms with E-state index < -0.39 is 0 Å². The Balaban J connectivity index is 1.71. The van der Waals surface area contributed by atoms with E-state index in [1.165, 1.54) is 0 Å². The number of hydrogen-bond donors (Lipinski definition) is 2. The molecule has 0 atom stereocenters. The van der Waals surface area contributed by atoms with Crippen LogP contribution in [0.2, 0.25) is 0 Å². The van der Waals surface area contributed by atoms with Crippen molar-refractivity contribution in [3.63, 3.8) is 0 Å². The lowest BCUT2D eigenvalue weighted by Gasteiger charge is -2.10. The summed E-state index contributed by atoms with van der Waals surface area (Å²) in [4.78, 5) is 16.7. The minimum Gasteiger partial charge on any atom is -0.494 e. The zero-order valence-corrected chi connectivity index (χ0v) is 14.8. The van der Waals surface area contributed by atoms with Gasteiger partial charge in [-0.1, -0.05) is 18.2 Å². The van der Waals surface area contributed by atoms with Crippen molar-refractivity contribution in [1.29, 1.82) is 0 Å². The first-order valence-electron chi connectivity index (χ1n) is 8.47. The fourth-order valence-corrected chi connectivity index (χ4v) is 2.51. The third kappa shape index (κ3) is 4.39. The van der Waals surface area contributed by atoms with Crippen LogP contribution in [-0.4, -0.2) is 17.5 Å². The molecule has 0 unspecified atom stereocenters. The molecular weight excluding hydrogens is 326 g/mol. The number of nitrogens with zero attached hydrogens (tertiary/aromatic N) is 1. The highest BCUT2D eigenvalue weighted by atomic mass is 16.5. The smallest absolute Gasteiger partial charge is 0.257 e. The molecule has 0 fully saturated rings. The summed E-state index contributed by atoms with van der Waals surface area (Å²) in [5.74, 6) is 0.629. The molecule has 0 saturated carbocycles. The maximum absolute atomic E-state index is 12.5. The van der Waals surface area contributed by atoms with Crippen LogP contribution in [0.15, 0.2) is 67.0 Å². The molecule has 5 heteroatoms. The van der Waals surface area contributed by atoms with Gasteiger partial charge in [-0.25, -0.2) is 0 Å². The summed E-state index contributed by atoms with van der Waals surface area (Å²) in [5, 5.41) is 6.16. The highest BCUT2D eigenvalue weighted by Crippen LogP contribution is 2.21. The first-order chi connectivity index (χ1) is 12.7. The molecule has 26 heavy (non-hydrogen) atoms. The molecule has 2 aromatic carbocycles. The van der Waals surface area contributed by atoms with Gasteiger partial charge in [-0.2, -0.15) is 0 Å². The molecule has 0 aliphatic carbocycles. The summed E-state index contributed by atoms with van der Waals surface area (Å²) in [6, 6.07) is 17.1. The zero-order valence-electron chi connectivity index (χ0n) is 14.8. The number of aryl methyl sites for hydroxylation is 1. The van der Waals surface area contributed by atoms with E-state index in [4.69, 9.17) is 4.74 Å². The van der Waals surface area contributed by atoms with Crippen molar-refractivity contribution >= 4 is 23.0 Å². The van der Waals surface area contributed by atoms with Crippen LogP contribution in [0.3, 0.4) is 0 Å². The van der Waals surface area contributed by atoms with Crippen molar-refractivity contribution in [3.05, 3.63) is 78.1 Å². The number of hydrogen-bond acceptors (Lipinski definition) is 4. The Bertz CT molecular complexity index is 892. The molecule has 2 N–H and O–H groups in total. The molecule has 132 valence electrons. The molecule has 1 amide bonds. The molecule has 0 aliphatic heterocycles. The molecule has 0 radical (unpaired) electrons. The number of rotatable bonds is 6. The average molecular weight is 347 g/mol. The fourth-order valence-electron chi connectivity index (χ4n) is 2.51. The lowest BCUT2D eigenvalue weighted by Crippen LogP contribution is -2.13. The number of carbonyl (C=O) groups is 1. The van der Waals surface area contributed by atoms with Crippen LogP contribution in [0.25, 0.3) is 0 Å². The summed E-state index contributed by atoms with van der Waals surface area (Å²) in [6.45, 7) is 4.54. The van der Waals surface area contributed by atoms with Gasteiger partial charge in [0.2, 0.25) is 0 Å². The number of para-hydroxylation sites is 1. The molecule has 1 aromatic heterocycles. The number of ether oxygens (including phenoxy) is 1. The van der Waals surface area contributed by atoms with Crippen LogP contribution >= 0.6 is 0 Å². The van der Waals surface area contributed by atoms with E-state index in [-0.39, 0.29) is 5.91 Å². The predicted octanol–water partition coefficient (Wildman–Crippen LogP) is 4.78. The molecule has 3 rings (SSSR count). The highest BCUT2D eigenvalue weighted by molar-refractivity contribution is 6.05. The summed E-state index contributed by atoms with van der Waals surface area (Å²) in [6.07, 6.45) is 3.23. The van der Waals surface area contributed by atoms with E-state index in [2.05, 4.69) is 15.6 Å². The van der Waals surface area contributed by atoms with Gasteiger partial charge in [0.05, 0.1) is 24.1 Å². The van der Waals surface area contributed by atoms with Gasteiger partial charge < -0.3 is 15.4 Å². The van der Waals surface area contributed by atoms with Gasteiger partial charge >= 0.3 is 0 Å². The third-order valence-corrected chi connectivity index (χ3v) is 3.85. The summed E-state index contributed by atoms with van der Waals surface area (Å²) < 4.78 is 5.43. The van der Waals surface area contributed by atoms with Crippen molar-refractivity contribution < 1.29 is 9.53 Å². The van der Waals surface area contributed by atoms with Crippen LogP contribution in [0, 0.1) is 6.92 Å². The van der Waals surface area contributed by atoms with Crippen LogP contribution in [-0.2, 0) is 0 Å². The van der Waals surface area contributed by atoms with Crippen molar-refractivity contribution in [2.24, 2.45) is 0 Å². The van der Waals surface area contributed by atoms with Gasteiger partial charge in [0.15, 0.2) is 0 Å². The first kappa shape index (κ1) is 17.5. The Morgan fingerprint density at radius 2 is 1.81 bits per heavy atom. The van der Waals surface area contributed by atoms with E-state index in [1.807, 2.05) is 62.4 Å². The van der Waals surface area contributed by atoms with Gasteiger partial charge in [-0.3, -0.25) is 9.78 Å². The summed E-state index contributed by atoms with van der Waals surface area (Å²) in [5.41, 5.74) is 3.93. The Kier molecular flexibility index (Phi) is 5.49. The minimum absolute atomic E-state index is 0.192. The molecule has 1 heterocycles. The van der Waals surface area contributed by atoms with E-state index >= 15 is 0 Å². The lowest BCUT2D eigenvalue weighted by molar-refractivity contribution is 0.102. The SMILES string of the molecule is CCOc1ccc(Nc2cncc(C(=O)Nc3ccccc3C)c2)cc1. The van der Waals surface area contributed by atoms with Crippen LogP contribution in [0.5, 0.6) is 5.75 Å². The fraction of sp³-hybridized carbons (Fsp3) is 0.143. The maximum Gasteiger partial charge on any atom is 0.257 e. The number of benzene rings is 2. The molecule has 5 nitrogen and oxygen atoms in total. The number of aromatic nitrogens is 1. The molecule has 0 bridgehead atoms. The van der Waals surface area contributed by atoms with Crippen LogP contribution in [0.4, 0.5) is 17.1 Å². The summed E-state index contributed by atoms with van der Waals surface area (Å²) >= 11 is 0.